The van der Waals surface area contributed by atoms with Gasteiger partial charge in [0.1, 0.15) is 6.10 Å². The molecule has 0 N–H and O–H groups in total. The third kappa shape index (κ3) is 2.91. The number of hydrogen-bond donors (Lipinski definition) is 0. The molecular weight excluding hydrogens is 226 g/mol. The fraction of sp³-hybridized carbons (Fsp3) is 0.533. The van der Waals surface area contributed by atoms with Crippen molar-refractivity contribution in [3.63, 3.8) is 0 Å². The highest BCUT2D eigenvalue weighted by Crippen LogP contribution is 2.25. The van der Waals surface area contributed by atoms with Crippen LogP contribution in [-0.4, -0.2) is 30.0 Å². The van der Waals surface area contributed by atoms with Crippen molar-refractivity contribution in [2.45, 2.75) is 38.8 Å². The lowest BCUT2D eigenvalue weighted by Gasteiger charge is -2.38. The fourth-order valence-corrected chi connectivity index (χ4v) is 2.33. The van der Waals surface area contributed by atoms with E-state index in [1.807, 2.05) is 30.0 Å². The summed E-state index contributed by atoms with van der Waals surface area (Å²) >= 11 is 0. The summed E-state index contributed by atoms with van der Waals surface area (Å²) in [5.74, 6) is 0.245. The second-order valence-electron chi connectivity index (χ2n) is 4.88. The van der Waals surface area contributed by atoms with E-state index in [-0.39, 0.29) is 18.1 Å². The van der Waals surface area contributed by atoms with E-state index in [1.165, 1.54) is 0 Å². The highest BCUT2D eigenvalue weighted by Gasteiger charge is 2.29. The molecule has 2 unspecified atom stereocenters. The first kappa shape index (κ1) is 13.1. The molecule has 3 nitrogen and oxygen atoms in total. The third-order valence-electron chi connectivity index (χ3n) is 3.39. The van der Waals surface area contributed by atoms with Gasteiger partial charge >= 0.3 is 0 Å². The molecule has 1 fully saturated rings. The largest absolute Gasteiger partial charge is 0.370 e. The molecular formula is C15H21NO2. The van der Waals surface area contributed by atoms with Crippen LogP contribution >= 0.6 is 0 Å². The smallest absolute Gasteiger partial charge is 0.222 e. The van der Waals surface area contributed by atoms with Gasteiger partial charge in [-0.25, -0.2) is 0 Å². The van der Waals surface area contributed by atoms with Crippen LogP contribution in [0.5, 0.6) is 0 Å². The number of rotatable bonds is 3. The SMILES string of the molecule is CCCC(=O)N1CC(c2ccccc2)OCC1C. The molecule has 2 atom stereocenters. The average Bonchev–Trinajstić information content (AvgIpc) is 2.40. The zero-order valence-corrected chi connectivity index (χ0v) is 11.1. The monoisotopic (exact) mass is 247 g/mol. The third-order valence-corrected chi connectivity index (χ3v) is 3.39. The van der Waals surface area contributed by atoms with Gasteiger partial charge in [0.05, 0.1) is 19.2 Å². The molecule has 1 aromatic rings. The van der Waals surface area contributed by atoms with E-state index >= 15 is 0 Å². The quantitative estimate of drug-likeness (QED) is 0.822. The van der Waals surface area contributed by atoms with E-state index in [9.17, 15) is 4.79 Å². The summed E-state index contributed by atoms with van der Waals surface area (Å²) in [7, 11) is 0. The minimum atomic E-state index is 0.0169. The maximum Gasteiger partial charge on any atom is 0.222 e. The topological polar surface area (TPSA) is 29.5 Å². The van der Waals surface area contributed by atoms with Gasteiger partial charge in [-0.1, -0.05) is 37.3 Å². The number of nitrogens with zero attached hydrogens (tertiary/aromatic N) is 1. The Balaban J connectivity index is 2.07. The Kier molecular flexibility index (Phi) is 4.37. The molecule has 0 bridgehead atoms. The Morgan fingerprint density at radius 1 is 1.39 bits per heavy atom. The number of ether oxygens (including phenoxy) is 1. The molecule has 1 amide bonds. The molecule has 1 aliphatic rings. The maximum absolute atomic E-state index is 12.1. The van der Waals surface area contributed by atoms with Crippen molar-refractivity contribution in [1.29, 1.82) is 0 Å². The summed E-state index contributed by atoms with van der Waals surface area (Å²) in [5, 5.41) is 0. The van der Waals surface area contributed by atoms with Crippen LogP contribution < -0.4 is 0 Å². The molecule has 3 heteroatoms. The van der Waals surface area contributed by atoms with Crippen LogP contribution in [0.4, 0.5) is 0 Å². The van der Waals surface area contributed by atoms with Crippen molar-refractivity contribution in [2.75, 3.05) is 13.2 Å². The number of hydrogen-bond acceptors (Lipinski definition) is 2. The predicted octanol–water partition coefficient (Wildman–Crippen LogP) is 2.78. The number of carbonyl (C=O) groups excluding carboxylic acids is 1. The second kappa shape index (κ2) is 6.01. The fourth-order valence-electron chi connectivity index (χ4n) is 2.33. The Hall–Kier alpha value is -1.35. The minimum Gasteiger partial charge on any atom is -0.370 e. The van der Waals surface area contributed by atoms with E-state index in [0.717, 1.165) is 12.0 Å². The average molecular weight is 247 g/mol. The van der Waals surface area contributed by atoms with E-state index in [2.05, 4.69) is 19.1 Å². The normalized spacial score (nSPS) is 24.0. The van der Waals surface area contributed by atoms with E-state index in [4.69, 9.17) is 4.74 Å². The van der Waals surface area contributed by atoms with Crippen LogP contribution in [-0.2, 0) is 9.53 Å². The van der Waals surface area contributed by atoms with Crippen molar-refractivity contribution in [3.05, 3.63) is 35.9 Å². The van der Waals surface area contributed by atoms with E-state index in [0.29, 0.717) is 19.6 Å². The Morgan fingerprint density at radius 2 is 2.11 bits per heavy atom. The molecule has 2 rings (SSSR count). The molecule has 0 spiro atoms. The van der Waals surface area contributed by atoms with Gasteiger partial charge in [-0.2, -0.15) is 0 Å². The van der Waals surface area contributed by atoms with Gasteiger partial charge in [0.2, 0.25) is 5.91 Å². The molecule has 0 saturated carbocycles. The lowest BCUT2D eigenvalue weighted by Crippen LogP contribution is -2.48. The van der Waals surface area contributed by atoms with Gasteiger partial charge in [0.15, 0.2) is 0 Å². The van der Waals surface area contributed by atoms with Crippen LogP contribution in [0.1, 0.15) is 38.4 Å². The lowest BCUT2D eigenvalue weighted by molar-refractivity contribution is -0.144. The number of benzene rings is 1. The molecule has 1 aliphatic heterocycles. The van der Waals surface area contributed by atoms with Crippen molar-refractivity contribution in [1.82, 2.24) is 4.90 Å². The molecule has 98 valence electrons. The number of carbonyl (C=O) groups is 1. The zero-order chi connectivity index (χ0) is 13.0. The molecule has 0 aromatic heterocycles. The first-order chi connectivity index (χ1) is 8.72. The van der Waals surface area contributed by atoms with Gasteiger partial charge in [-0.15, -0.1) is 0 Å². The predicted molar refractivity (Wildman–Crippen MR) is 71.2 cm³/mol. The molecule has 1 saturated heterocycles. The van der Waals surface area contributed by atoms with Crippen molar-refractivity contribution in [3.8, 4) is 0 Å². The molecule has 0 aliphatic carbocycles. The van der Waals surface area contributed by atoms with Crippen LogP contribution in [0.25, 0.3) is 0 Å². The van der Waals surface area contributed by atoms with Gasteiger partial charge in [0, 0.05) is 6.42 Å². The number of amides is 1. The molecule has 18 heavy (non-hydrogen) atoms. The van der Waals surface area contributed by atoms with Crippen LogP contribution in [0, 0.1) is 0 Å². The zero-order valence-electron chi connectivity index (χ0n) is 11.1. The summed E-state index contributed by atoms with van der Waals surface area (Å²) in [6.45, 7) is 5.38. The van der Waals surface area contributed by atoms with Crippen molar-refractivity contribution < 1.29 is 9.53 Å². The first-order valence-corrected chi connectivity index (χ1v) is 6.68. The summed E-state index contributed by atoms with van der Waals surface area (Å²) in [5.41, 5.74) is 1.15. The molecule has 1 heterocycles. The highest BCUT2D eigenvalue weighted by molar-refractivity contribution is 5.76. The van der Waals surface area contributed by atoms with Crippen molar-refractivity contribution >= 4 is 5.91 Å². The Morgan fingerprint density at radius 3 is 2.78 bits per heavy atom. The standard InChI is InChI=1S/C15H21NO2/c1-3-7-15(17)16-10-14(18-11-12(16)2)13-8-5-4-6-9-13/h4-6,8-9,12,14H,3,7,10-11H2,1-2H3. The second-order valence-corrected chi connectivity index (χ2v) is 4.88. The van der Waals surface area contributed by atoms with Gasteiger partial charge in [-0.05, 0) is 18.9 Å². The maximum atomic E-state index is 12.1. The number of morpholine rings is 1. The Labute approximate surface area is 109 Å². The van der Waals surface area contributed by atoms with Crippen LogP contribution in [0.15, 0.2) is 30.3 Å². The van der Waals surface area contributed by atoms with Gasteiger partial charge < -0.3 is 9.64 Å². The molecule has 1 aromatic carbocycles. The minimum absolute atomic E-state index is 0.0169. The first-order valence-electron chi connectivity index (χ1n) is 6.68. The Bertz CT molecular complexity index is 391. The van der Waals surface area contributed by atoms with Crippen molar-refractivity contribution in [2.24, 2.45) is 0 Å². The van der Waals surface area contributed by atoms with Crippen LogP contribution in [0.3, 0.4) is 0 Å². The lowest BCUT2D eigenvalue weighted by atomic mass is 10.1. The van der Waals surface area contributed by atoms with E-state index < -0.39 is 0 Å². The summed E-state index contributed by atoms with van der Waals surface area (Å²) in [6, 6.07) is 10.3. The summed E-state index contributed by atoms with van der Waals surface area (Å²) in [4.78, 5) is 14.0. The highest BCUT2D eigenvalue weighted by atomic mass is 16.5. The molecule has 0 radical (unpaired) electrons. The van der Waals surface area contributed by atoms with E-state index in [1.54, 1.807) is 0 Å². The summed E-state index contributed by atoms with van der Waals surface area (Å²) in [6.07, 6.45) is 1.55. The van der Waals surface area contributed by atoms with Gasteiger partial charge in [0.25, 0.3) is 0 Å². The van der Waals surface area contributed by atoms with Crippen LogP contribution in [0.2, 0.25) is 0 Å². The summed E-state index contributed by atoms with van der Waals surface area (Å²) < 4.78 is 5.84. The van der Waals surface area contributed by atoms with Gasteiger partial charge in [-0.3, -0.25) is 4.79 Å².